The zero-order valence-corrected chi connectivity index (χ0v) is 14.2. The van der Waals surface area contributed by atoms with Crippen LogP contribution in [0.15, 0.2) is 0 Å². The molecule has 2 N–H and O–H groups in total. The molecule has 6 heteroatoms. The summed E-state index contributed by atoms with van der Waals surface area (Å²) in [6.45, 7) is 7.62. The van der Waals surface area contributed by atoms with Crippen molar-refractivity contribution in [1.29, 1.82) is 0 Å². The second-order valence-electron chi connectivity index (χ2n) is 5.43. The minimum absolute atomic E-state index is 0. The molecular formula is C13H30Cl3N3. The highest BCUT2D eigenvalue weighted by Crippen LogP contribution is 2.11. The maximum Gasteiger partial charge on any atom is 0.0109 e. The van der Waals surface area contributed by atoms with Crippen molar-refractivity contribution in [2.24, 2.45) is 5.73 Å². The Hall–Kier alpha value is 0.750. The molecular weight excluding hydrogens is 305 g/mol. The topological polar surface area (TPSA) is 32.5 Å². The van der Waals surface area contributed by atoms with Crippen LogP contribution in [0.3, 0.4) is 0 Å². The van der Waals surface area contributed by atoms with Crippen molar-refractivity contribution < 1.29 is 0 Å². The molecule has 0 aromatic rings. The lowest BCUT2D eigenvalue weighted by molar-refractivity contribution is 0.175. The number of nitrogens with zero attached hydrogens (tertiary/aromatic N) is 2. The summed E-state index contributed by atoms with van der Waals surface area (Å²) in [4.78, 5) is 5.25. The molecule has 0 radical (unpaired) electrons. The summed E-state index contributed by atoms with van der Waals surface area (Å²) in [6.07, 6.45) is 8.08. The first-order valence-electron chi connectivity index (χ1n) is 7.05. The average molecular weight is 335 g/mol. The molecule has 2 aliphatic rings. The smallest absolute Gasteiger partial charge is 0.0109 e. The van der Waals surface area contributed by atoms with E-state index in [4.69, 9.17) is 5.73 Å². The van der Waals surface area contributed by atoms with Gasteiger partial charge in [-0.1, -0.05) is 12.8 Å². The summed E-state index contributed by atoms with van der Waals surface area (Å²) in [5.74, 6) is 0. The fraction of sp³-hybridized carbons (Fsp3) is 1.00. The number of hydrogen-bond acceptors (Lipinski definition) is 3. The lowest BCUT2D eigenvalue weighted by atomic mass is 10.1. The van der Waals surface area contributed by atoms with Crippen LogP contribution in [0.4, 0.5) is 0 Å². The Kier molecular flexibility index (Phi) is 14.5. The maximum atomic E-state index is 5.92. The van der Waals surface area contributed by atoms with Crippen molar-refractivity contribution in [3.63, 3.8) is 0 Å². The number of halogens is 3. The fourth-order valence-corrected chi connectivity index (χ4v) is 2.82. The van der Waals surface area contributed by atoms with Gasteiger partial charge >= 0.3 is 0 Å². The number of piperidine rings is 1. The minimum atomic E-state index is 0. The lowest BCUT2D eigenvalue weighted by Gasteiger charge is -2.32. The van der Waals surface area contributed by atoms with Crippen molar-refractivity contribution in [1.82, 2.24) is 9.80 Å². The van der Waals surface area contributed by atoms with Gasteiger partial charge in [-0.2, -0.15) is 0 Å². The van der Waals surface area contributed by atoms with E-state index in [2.05, 4.69) is 9.80 Å². The van der Waals surface area contributed by atoms with E-state index in [1.165, 1.54) is 77.8 Å². The first-order chi connectivity index (χ1) is 7.84. The Morgan fingerprint density at radius 2 is 1.11 bits per heavy atom. The van der Waals surface area contributed by atoms with Crippen molar-refractivity contribution in [3.05, 3.63) is 0 Å². The molecule has 19 heavy (non-hydrogen) atoms. The SMILES string of the molecule is Cl.Cl.Cl.NC1CCN(CCN2CCCCCC2)CC1. The third-order valence-corrected chi connectivity index (χ3v) is 4.06. The van der Waals surface area contributed by atoms with Crippen LogP contribution in [0.2, 0.25) is 0 Å². The van der Waals surface area contributed by atoms with Crippen LogP contribution in [-0.4, -0.2) is 55.1 Å². The molecule has 0 atom stereocenters. The average Bonchev–Trinajstić information content (AvgIpc) is 2.57. The molecule has 2 aliphatic heterocycles. The van der Waals surface area contributed by atoms with Gasteiger partial charge in [0.1, 0.15) is 0 Å². The van der Waals surface area contributed by atoms with E-state index >= 15 is 0 Å². The molecule has 2 heterocycles. The number of nitrogens with two attached hydrogens (primary N) is 1. The van der Waals surface area contributed by atoms with E-state index in [9.17, 15) is 0 Å². The van der Waals surface area contributed by atoms with Crippen LogP contribution < -0.4 is 5.73 Å². The van der Waals surface area contributed by atoms with Crippen LogP contribution in [-0.2, 0) is 0 Å². The van der Waals surface area contributed by atoms with Gasteiger partial charge in [0.2, 0.25) is 0 Å². The molecule has 2 saturated heterocycles. The van der Waals surface area contributed by atoms with Gasteiger partial charge in [0, 0.05) is 19.1 Å². The molecule has 0 amide bonds. The molecule has 2 rings (SSSR count). The molecule has 0 bridgehead atoms. The van der Waals surface area contributed by atoms with Gasteiger partial charge < -0.3 is 15.5 Å². The predicted molar refractivity (Wildman–Crippen MR) is 90.3 cm³/mol. The van der Waals surface area contributed by atoms with Crippen molar-refractivity contribution >= 4 is 37.2 Å². The molecule has 0 saturated carbocycles. The zero-order valence-electron chi connectivity index (χ0n) is 11.8. The maximum absolute atomic E-state index is 5.92. The summed E-state index contributed by atoms with van der Waals surface area (Å²) >= 11 is 0. The van der Waals surface area contributed by atoms with Gasteiger partial charge in [0.05, 0.1) is 0 Å². The monoisotopic (exact) mass is 333 g/mol. The largest absolute Gasteiger partial charge is 0.328 e. The van der Waals surface area contributed by atoms with Crippen LogP contribution >= 0.6 is 37.2 Å². The molecule has 0 aromatic heterocycles. The van der Waals surface area contributed by atoms with E-state index in [0.29, 0.717) is 6.04 Å². The predicted octanol–water partition coefficient (Wildman–Crippen LogP) is 2.55. The third kappa shape index (κ3) is 8.59. The minimum Gasteiger partial charge on any atom is -0.328 e. The standard InChI is InChI=1S/C13H27N3.3ClH/c14-13-5-9-16(10-6-13)12-11-15-7-3-1-2-4-8-15;;;/h13H,1-12,14H2;3*1H. The van der Waals surface area contributed by atoms with E-state index < -0.39 is 0 Å². The highest BCUT2D eigenvalue weighted by Gasteiger charge is 2.16. The summed E-state index contributed by atoms with van der Waals surface area (Å²) in [6, 6.07) is 0.467. The third-order valence-electron chi connectivity index (χ3n) is 4.06. The second-order valence-corrected chi connectivity index (χ2v) is 5.43. The van der Waals surface area contributed by atoms with E-state index in [1.54, 1.807) is 0 Å². The van der Waals surface area contributed by atoms with Gasteiger partial charge in [0.25, 0.3) is 0 Å². The fourth-order valence-electron chi connectivity index (χ4n) is 2.82. The van der Waals surface area contributed by atoms with Crippen LogP contribution in [0, 0.1) is 0 Å². The second kappa shape index (κ2) is 12.5. The van der Waals surface area contributed by atoms with Crippen LogP contribution in [0.1, 0.15) is 38.5 Å². The summed E-state index contributed by atoms with van der Waals surface area (Å²) in [5.41, 5.74) is 5.92. The van der Waals surface area contributed by atoms with Crippen molar-refractivity contribution in [3.8, 4) is 0 Å². The van der Waals surface area contributed by atoms with Crippen LogP contribution in [0.5, 0.6) is 0 Å². The molecule has 2 fully saturated rings. The Labute approximate surface area is 136 Å². The van der Waals surface area contributed by atoms with Crippen molar-refractivity contribution in [2.45, 2.75) is 44.6 Å². The summed E-state index contributed by atoms with van der Waals surface area (Å²) in [5, 5.41) is 0. The van der Waals surface area contributed by atoms with Crippen LogP contribution in [0.25, 0.3) is 0 Å². The van der Waals surface area contributed by atoms with Gasteiger partial charge in [-0.3, -0.25) is 0 Å². The first-order valence-corrected chi connectivity index (χ1v) is 7.05. The molecule has 0 spiro atoms. The van der Waals surface area contributed by atoms with E-state index in [-0.39, 0.29) is 37.2 Å². The number of hydrogen-bond donors (Lipinski definition) is 1. The van der Waals surface area contributed by atoms with Gasteiger partial charge in [-0.05, 0) is 51.9 Å². The van der Waals surface area contributed by atoms with E-state index in [0.717, 1.165) is 0 Å². The highest BCUT2D eigenvalue weighted by atomic mass is 35.5. The highest BCUT2D eigenvalue weighted by molar-refractivity contribution is 5.86. The Morgan fingerprint density at radius 3 is 1.58 bits per heavy atom. The van der Waals surface area contributed by atoms with Crippen molar-refractivity contribution in [2.75, 3.05) is 39.3 Å². The van der Waals surface area contributed by atoms with E-state index in [1.807, 2.05) is 0 Å². The molecule has 0 unspecified atom stereocenters. The Balaban J connectivity index is 0. The normalized spacial score (nSPS) is 22.6. The lowest BCUT2D eigenvalue weighted by Crippen LogP contribution is -2.43. The number of rotatable bonds is 3. The quantitative estimate of drug-likeness (QED) is 0.861. The Bertz CT molecular complexity index is 192. The first kappa shape index (κ1) is 22.0. The van der Waals surface area contributed by atoms with Gasteiger partial charge in [0.15, 0.2) is 0 Å². The van der Waals surface area contributed by atoms with Gasteiger partial charge in [-0.25, -0.2) is 0 Å². The van der Waals surface area contributed by atoms with Gasteiger partial charge in [-0.15, -0.1) is 37.2 Å². The zero-order chi connectivity index (χ0) is 11.2. The molecule has 0 aliphatic carbocycles. The summed E-state index contributed by atoms with van der Waals surface area (Å²) < 4.78 is 0. The Morgan fingerprint density at radius 1 is 0.684 bits per heavy atom. The molecule has 0 aromatic carbocycles. The molecule has 118 valence electrons. The summed E-state index contributed by atoms with van der Waals surface area (Å²) in [7, 11) is 0. The molecule has 3 nitrogen and oxygen atoms in total. The number of likely N-dealkylation sites (tertiary alicyclic amines) is 2.